The van der Waals surface area contributed by atoms with Crippen LogP contribution in [0.5, 0.6) is 0 Å². The van der Waals surface area contributed by atoms with Crippen molar-refractivity contribution >= 4 is 27.4 Å². The van der Waals surface area contributed by atoms with Gasteiger partial charge in [0, 0.05) is 16.0 Å². The number of fused-ring (bicyclic) bond motifs is 1. The van der Waals surface area contributed by atoms with Crippen molar-refractivity contribution < 1.29 is 23.1 Å². The number of carboxylic acid groups (broad SMARTS) is 1. The summed E-state index contributed by atoms with van der Waals surface area (Å²) < 4.78 is 38.9. The Balaban J connectivity index is 1.96. The lowest BCUT2D eigenvalue weighted by Crippen LogP contribution is -2.05. The first-order valence-corrected chi connectivity index (χ1v) is 7.57. The van der Waals surface area contributed by atoms with Crippen LogP contribution in [0.15, 0.2) is 48.5 Å². The summed E-state index contributed by atoms with van der Waals surface area (Å²) in [5.74, 6) is -1.01. The minimum absolute atomic E-state index is 0.211. The van der Waals surface area contributed by atoms with Crippen molar-refractivity contribution in [2.45, 2.75) is 12.6 Å². The number of benzene rings is 2. The molecule has 0 bridgehead atoms. The maximum atomic E-state index is 12.8. The van der Waals surface area contributed by atoms with Gasteiger partial charge in [-0.25, -0.2) is 4.79 Å². The fraction of sp³-hybridized carbons (Fsp3) is 0.118. The Hall–Kier alpha value is -2.34. The Morgan fingerprint density at radius 2 is 1.83 bits per heavy atom. The number of rotatable bonds is 3. The first-order valence-electron chi connectivity index (χ1n) is 6.75. The normalized spacial score (nSPS) is 11.8. The number of alkyl halides is 3. The van der Waals surface area contributed by atoms with E-state index in [2.05, 4.69) is 0 Å². The SMILES string of the molecule is O=C(O)c1cccc2cc(Cc3cccc(C(F)(F)F)c3)sc12. The monoisotopic (exact) mass is 336 g/mol. The molecule has 1 aromatic heterocycles. The number of hydrogen-bond acceptors (Lipinski definition) is 2. The van der Waals surface area contributed by atoms with Gasteiger partial charge in [0.25, 0.3) is 0 Å². The van der Waals surface area contributed by atoms with E-state index >= 15 is 0 Å². The van der Waals surface area contributed by atoms with Crippen LogP contribution in [-0.2, 0) is 12.6 Å². The van der Waals surface area contributed by atoms with E-state index in [1.165, 1.54) is 23.5 Å². The van der Waals surface area contributed by atoms with E-state index in [1.54, 1.807) is 18.2 Å². The predicted octanol–water partition coefficient (Wildman–Crippen LogP) is 5.21. The molecule has 0 atom stereocenters. The summed E-state index contributed by atoms with van der Waals surface area (Å²) >= 11 is 1.30. The average molecular weight is 336 g/mol. The van der Waals surface area contributed by atoms with Crippen LogP contribution in [-0.4, -0.2) is 11.1 Å². The second-order valence-corrected chi connectivity index (χ2v) is 6.25. The van der Waals surface area contributed by atoms with Crippen LogP contribution in [0.1, 0.15) is 26.4 Å². The van der Waals surface area contributed by atoms with Gasteiger partial charge in [-0.2, -0.15) is 13.2 Å². The molecule has 2 nitrogen and oxygen atoms in total. The van der Waals surface area contributed by atoms with E-state index in [0.29, 0.717) is 16.7 Å². The molecule has 3 aromatic rings. The topological polar surface area (TPSA) is 37.3 Å². The maximum Gasteiger partial charge on any atom is 0.416 e. The molecule has 0 unspecified atom stereocenters. The van der Waals surface area contributed by atoms with E-state index in [0.717, 1.165) is 22.4 Å². The third kappa shape index (κ3) is 3.22. The van der Waals surface area contributed by atoms with E-state index in [9.17, 15) is 23.1 Å². The Kier molecular flexibility index (Phi) is 3.85. The maximum absolute atomic E-state index is 12.8. The molecule has 0 fully saturated rings. The number of carbonyl (C=O) groups is 1. The van der Waals surface area contributed by atoms with Crippen LogP contribution in [0.4, 0.5) is 13.2 Å². The highest BCUT2D eigenvalue weighted by atomic mass is 32.1. The van der Waals surface area contributed by atoms with Gasteiger partial charge in [0.05, 0.1) is 11.1 Å². The first-order chi connectivity index (χ1) is 10.8. The highest BCUT2D eigenvalue weighted by molar-refractivity contribution is 7.19. The van der Waals surface area contributed by atoms with Crippen LogP contribution < -0.4 is 0 Å². The summed E-state index contributed by atoms with van der Waals surface area (Å²) in [6.07, 6.45) is -4.03. The van der Waals surface area contributed by atoms with Crippen molar-refractivity contribution in [3.05, 3.63) is 70.1 Å². The second kappa shape index (κ2) is 5.70. The molecule has 0 amide bonds. The molecule has 3 rings (SSSR count). The first kappa shape index (κ1) is 15.6. The molecule has 0 saturated carbocycles. The molecule has 0 spiro atoms. The standard InChI is InChI=1S/C17H11F3O2S/c18-17(19,20)12-5-1-3-10(7-12)8-13-9-11-4-2-6-14(16(21)22)15(11)23-13/h1-7,9H,8H2,(H,21,22). The van der Waals surface area contributed by atoms with Crippen molar-refractivity contribution in [2.24, 2.45) is 0 Å². The van der Waals surface area contributed by atoms with Gasteiger partial charge in [-0.3, -0.25) is 0 Å². The van der Waals surface area contributed by atoms with Crippen LogP contribution in [0.25, 0.3) is 10.1 Å². The van der Waals surface area contributed by atoms with Gasteiger partial charge < -0.3 is 5.11 Å². The van der Waals surface area contributed by atoms with E-state index < -0.39 is 17.7 Å². The Morgan fingerprint density at radius 1 is 1.09 bits per heavy atom. The third-order valence-corrected chi connectivity index (χ3v) is 4.64. The van der Waals surface area contributed by atoms with Gasteiger partial charge in [-0.05, 0) is 29.1 Å². The van der Waals surface area contributed by atoms with E-state index in [4.69, 9.17) is 0 Å². The number of hydrogen-bond donors (Lipinski definition) is 1. The van der Waals surface area contributed by atoms with Crippen molar-refractivity contribution in [1.29, 1.82) is 0 Å². The summed E-state index contributed by atoms with van der Waals surface area (Å²) in [5.41, 5.74) is 0.0772. The van der Waals surface area contributed by atoms with Gasteiger partial charge in [-0.15, -0.1) is 11.3 Å². The summed E-state index contributed by atoms with van der Waals surface area (Å²) in [6, 6.07) is 12.0. The minimum atomic E-state index is -4.37. The smallest absolute Gasteiger partial charge is 0.416 e. The molecule has 0 radical (unpaired) electrons. The van der Waals surface area contributed by atoms with Gasteiger partial charge in [0.2, 0.25) is 0 Å². The number of carboxylic acids is 1. The summed E-state index contributed by atoms with van der Waals surface area (Å²) in [7, 11) is 0. The van der Waals surface area contributed by atoms with Gasteiger partial charge >= 0.3 is 12.1 Å². The number of aromatic carboxylic acids is 1. The zero-order chi connectivity index (χ0) is 16.6. The molecule has 2 aromatic carbocycles. The fourth-order valence-corrected chi connectivity index (χ4v) is 3.63. The number of thiophene rings is 1. The van der Waals surface area contributed by atoms with Crippen LogP contribution in [0, 0.1) is 0 Å². The van der Waals surface area contributed by atoms with Crippen LogP contribution in [0.3, 0.4) is 0 Å². The number of halogens is 3. The Labute approximate surface area is 133 Å². The zero-order valence-electron chi connectivity index (χ0n) is 11.7. The predicted molar refractivity (Wildman–Crippen MR) is 83.0 cm³/mol. The van der Waals surface area contributed by atoms with Crippen molar-refractivity contribution in [3.63, 3.8) is 0 Å². The Bertz CT molecular complexity index is 881. The molecule has 0 aliphatic rings. The molecule has 6 heteroatoms. The summed E-state index contributed by atoms with van der Waals surface area (Å²) in [4.78, 5) is 12.0. The third-order valence-electron chi connectivity index (χ3n) is 3.46. The Morgan fingerprint density at radius 3 is 2.52 bits per heavy atom. The lowest BCUT2D eigenvalue weighted by Gasteiger charge is -2.08. The van der Waals surface area contributed by atoms with Crippen LogP contribution >= 0.6 is 11.3 Å². The summed E-state index contributed by atoms with van der Waals surface area (Å²) in [5, 5.41) is 9.98. The molecule has 1 heterocycles. The largest absolute Gasteiger partial charge is 0.478 e. The molecule has 0 aliphatic heterocycles. The van der Waals surface area contributed by atoms with Crippen LogP contribution in [0.2, 0.25) is 0 Å². The highest BCUT2D eigenvalue weighted by Crippen LogP contribution is 2.32. The molecular formula is C17H11F3O2S. The second-order valence-electron chi connectivity index (χ2n) is 5.12. The highest BCUT2D eigenvalue weighted by Gasteiger charge is 2.30. The zero-order valence-corrected chi connectivity index (χ0v) is 12.5. The lowest BCUT2D eigenvalue weighted by molar-refractivity contribution is -0.137. The molecular weight excluding hydrogens is 325 g/mol. The van der Waals surface area contributed by atoms with E-state index in [1.807, 2.05) is 6.07 Å². The molecule has 0 saturated heterocycles. The van der Waals surface area contributed by atoms with Gasteiger partial charge in [0.15, 0.2) is 0 Å². The minimum Gasteiger partial charge on any atom is -0.478 e. The van der Waals surface area contributed by atoms with E-state index in [-0.39, 0.29) is 5.56 Å². The van der Waals surface area contributed by atoms with Gasteiger partial charge in [-0.1, -0.05) is 30.3 Å². The molecule has 23 heavy (non-hydrogen) atoms. The van der Waals surface area contributed by atoms with Gasteiger partial charge in [0.1, 0.15) is 0 Å². The van der Waals surface area contributed by atoms with Crippen molar-refractivity contribution in [3.8, 4) is 0 Å². The average Bonchev–Trinajstić information content (AvgIpc) is 2.88. The quantitative estimate of drug-likeness (QED) is 0.713. The van der Waals surface area contributed by atoms with Crippen molar-refractivity contribution in [1.82, 2.24) is 0 Å². The van der Waals surface area contributed by atoms with Crippen molar-refractivity contribution in [2.75, 3.05) is 0 Å². The lowest BCUT2D eigenvalue weighted by atomic mass is 10.1. The molecule has 0 aliphatic carbocycles. The fourth-order valence-electron chi connectivity index (χ4n) is 2.43. The summed E-state index contributed by atoms with van der Waals surface area (Å²) in [6.45, 7) is 0. The molecule has 1 N–H and O–H groups in total. The molecule has 118 valence electrons.